The van der Waals surface area contributed by atoms with Crippen LogP contribution >= 0.6 is 0 Å². The minimum atomic E-state index is -4.01. The Morgan fingerprint density at radius 1 is 1.16 bits per heavy atom. The summed E-state index contributed by atoms with van der Waals surface area (Å²) < 4.78 is 61.8. The molecular weight excluding hydrogens is 500 g/mol. The summed E-state index contributed by atoms with van der Waals surface area (Å²) in [5.41, 5.74) is 0.919. The molecule has 1 aliphatic heterocycles. The normalized spacial score (nSPS) is 15.9. The van der Waals surface area contributed by atoms with E-state index in [0.29, 0.717) is 24.4 Å². The van der Waals surface area contributed by atoms with E-state index in [1.54, 1.807) is 15.5 Å². The first-order valence-corrected chi connectivity index (χ1v) is 14.0. The molecule has 198 valence electrons. The van der Waals surface area contributed by atoms with Crippen molar-refractivity contribution < 1.29 is 26.7 Å². The second kappa shape index (κ2) is 11.5. The molecule has 7 nitrogen and oxygen atoms in total. The topological polar surface area (TPSA) is 81.5 Å². The zero-order chi connectivity index (χ0) is 26.6. The molecule has 1 aliphatic rings. The highest BCUT2D eigenvalue weighted by molar-refractivity contribution is 7.90. The lowest BCUT2D eigenvalue weighted by atomic mass is 10.1. The van der Waals surface area contributed by atoms with Gasteiger partial charge in [-0.3, -0.25) is 4.79 Å². The van der Waals surface area contributed by atoms with Crippen molar-refractivity contribution in [3.8, 4) is 0 Å². The second-order valence-electron chi connectivity index (χ2n) is 9.71. The molecular formula is C27H31F2N3O4S. The highest BCUT2D eigenvalue weighted by Crippen LogP contribution is 2.24. The molecule has 0 unspecified atom stereocenters. The predicted octanol–water partition coefficient (Wildman–Crippen LogP) is 4.61. The third-order valence-corrected chi connectivity index (χ3v) is 7.78. The van der Waals surface area contributed by atoms with Gasteiger partial charge < -0.3 is 14.2 Å². The van der Waals surface area contributed by atoms with Crippen LogP contribution in [0, 0.1) is 17.6 Å². The van der Waals surface area contributed by atoms with E-state index in [-0.39, 0.29) is 41.7 Å². The highest BCUT2D eigenvalue weighted by atomic mass is 32.2. The van der Waals surface area contributed by atoms with Crippen molar-refractivity contribution in [2.24, 2.45) is 5.92 Å². The maximum absolute atomic E-state index is 14.3. The number of imidazole rings is 1. The van der Waals surface area contributed by atoms with Crippen molar-refractivity contribution in [2.75, 3.05) is 13.2 Å². The van der Waals surface area contributed by atoms with Gasteiger partial charge in [-0.1, -0.05) is 32.0 Å². The first-order valence-electron chi connectivity index (χ1n) is 12.3. The fourth-order valence-electron chi connectivity index (χ4n) is 4.47. The maximum atomic E-state index is 14.3. The van der Waals surface area contributed by atoms with Gasteiger partial charge in [-0.05, 0) is 49.1 Å². The largest absolute Gasteiger partial charge is 0.376 e. The van der Waals surface area contributed by atoms with Gasteiger partial charge in [0, 0.05) is 24.3 Å². The van der Waals surface area contributed by atoms with Crippen LogP contribution in [0.5, 0.6) is 0 Å². The molecule has 1 fully saturated rings. The molecule has 0 spiro atoms. The first-order chi connectivity index (χ1) is 17.6. The van der Waals surface area contributed by atoms with Gasteiger partial charge in [0.2, 0.25) is 15.0 Å². The monoisotopic (exact) mass is 531 g/mol. The minimum absolute atomic E-state index is 0.0589. The molecule has 0 bridgehead atoms. The van der Waals surface area contributed by atoms with Crippen molar-refractivity contribution >= 4 is 15.7 Å². The van der Waals surface area contributed by atoms with Crippen LogP contribution in [-0.4, -0.2) is 48.0 Å². The van der Waals surface area contributed by atoms with Crippen LogP contribution in [0.1, 0.15) is 48.3 Å². The lowest BCUT2D eigenvalue weighted by Gasteiger charge is -2.26. The number of carbonyl (C=O) groups is 1. The van der Waals surface area contributed by atoms with E-state index in [1.165, 1.54) is 48.7 Å². The molecule has 1 saturated heterocycles. The standard InChI is InChI=1S/C27H31F2N3O4S/c1-19(2)15-31(26(33)20-9-11-22(28)12-10-20)16-23-14-30-27(32(23)17-24-7-5-13-36-24)37(34,35)18-21-6-3-4-8-25(21)29/h3-4,6,8-12,14,19,24H,5,7,13,15-18H2,1-2H3/t24-/m0/s1. The lowest BCUT2D eigenvalue weighted by molar-refractivity contribution is 0.0711. The number of hydrogen-bond donors (Lipinski definition) is 0. The van der Waals surface area contributed by atoms with E-state index in [9.17, 15) is 22.0 Å². The average molecular weight is 532 g/mol. The maximum Gasteiger partial charge on any atom is 0.254 e. The molecule has 0 aliphatic carbocycles. The number of nitrogens with zero attached hydrogens (tertiary/aromatic N) is 3. The van der Waals surface area contributed by atoms with Crippen LogP contribution in [-0.2, 0) is 33.4 Å². The summed E-state index contributed by atoms with van der Waals surface area (Å²) in [6.07, 6.45) is 2.90. The van der Waals surface area contributed by atoms with E-state index < -0.39 is 27.2 Å². The Morgan fingerprint density at radius 2 is 1.89 bits per heavy atom. The molecule has 37 heavy (non-hydrogen) atoms. The summed E-state index contributed by atoms with van der Waals surface area (Å²) >= 11 is 0. The summed E-state index contributed by atoms with van der Waals surface area (Å²) in [5.74, 6) is -1.74. The molecule has 1 amide bonds. The number of hydrogen-bond acceptors (Lipinski definition) is 5. The van der Waals surface area contributed by atoms with Gasteiger partial charge in [0.1, 0.15) is 11.6 Å². The first kappa shape index (κ1) is 26.9. The number of sulfone groups is 1. The Bertz CT molecular complexity index is 1330. The van der Waals surface area contributed by atoms with E-state index >= 15 is 0 Å². The minimum Gasteiger partial charge on any atom is -0.376 e. The summed E-state index contributed by atoms with van der Waals surface area (Å²) in [6.45, 7) is 5.29. The number of amides is 1. The van der Waals surface area contributed by atoms with Gasteiger partial charge >= 0.3 is 0 Å². The Morgan fingerprint density at radius 3 is 2.54 bits per heavy atom. The van der Waals surface area contributed by atoms with Crippen molar-refractivity contribution in [3.63, 3.8) is 0 Å². The SMILES string of the molecule is CC(C)CN(Cc1cnc(S(=O)(=O)Cc2ccccc2F)n1C[C@@H]1CCCO1)C(=O)c1ccc(F)cc1. The molecule has 0 radical (unpaired) electrons. The quantitative estimate of drug-likeness (QED) is 0.382. The van der Waals surface area contributed by atoms with Gasteiger partial charge in [0.05, 0.1) is 36.8 Å². The Balaban J connectivity index is 1.68. The number of aromatic nitrogens is 2. The van der Waals surface area contributed by atoms with E-state index in [2.05, 4.69) is 4.98 Å². The molecule has 1 aromatic heterocycles. The van der Waals surface area contributed by atoms with Gasteiger partial charge in [0.25, 0.3) is 5.91 Å². The van der Waals surface area contributed by atoms with E-state index in [4.69, 9.17) is 4.74 Å². The third-order valence-electron chi connectivity index (χ3n) is 6.21. The zero-order valence-electron chi connectivity index (χ0n) is 20.9. The third kappa shape index (κ3) is 6.61. The Kier molecular flexibility index (Phi) is 8.39. The van der Waals surface area contributed by atoms with Crippen LogP contribution in [0.15, 0.2) is 59.9 Å². The highest BCUT2D eigenvalue weighted by Gasteiger charge is 2.29. The Labute approximate surface area is 216 Å². The number of ether oxygens (including phenoxy) is 1. The van der Waals surface area contributed by atoms with Crippen LogP contribution in [0.4, 0.5) is 8.78 Å². The van der Waals surface area contributed by atoms with Crippen LogP contribution in [0.2, 0.25) is 0 Å². The molecule has 0 N–H and O–H groups in total. The van der Waals surface area contributed by atoms with Crippen molar-refractivity contribution in [3.05, 3.63) is 83.2 Å². The zero-order valence-corrected chi connectivity index (χ0v) is 21.8. The number of benzene rings is 2. The fraction of sp³-hybridized carbons (Fsp3) is 0.407. The molecule has 0 saturated carbocycles. The summed E-state index contributed by atoms with van der Waals surface area (Å²) in [4.78, 5) is 19.2. The van der Waals surface area contributed by atoms with Crippen LogP contribution in [0.3, 0.4) is 0 Å². The molecule has 3 aromatic rings. The van der Waals surface area contributed by atoms with Crippen molar-refractivity contribution in [1.29, 1.82) is 0 Å². The predicted molar refractivity (Wildman–Crippen MR) is 134 cm³/mol. The summed E-state index contributed by atoms with van der Waals surface area (Å²) in [5, 5.41) is -0.181. The van der Waals surface area contributed by atoms with Crippen LogP contribution < -0.4 is 0 Å². The lowest BCUT2D eigenvalue weighted by Crippen LogP contribution is -2.35. The number of halogens is 2. The van der Waals surface area contributed by atoms with Gasteiger partial charge in [-0.25, -0.2) is 22.2 Å². The molecule has 4 rings (SSSR count). The van der Waals surface area contributed by atoms with E-state index in [0.717, 1.165) is 12.8 Å². The van der Waals surface area contributed by atoms with Gasteiger partial charge in [-0.2, -0.15) is 0 Å². The van der Waals surface area contributed by atoms with Gasteiger partial charge in [-0.15, -0.1) is 0 Å². The summed E-state index contributed by atoms with van der Waals surface area (Å²) in [6, 6.07) is 11.1. The fourth-order valence-corrected chi connectivity index (χ4v) is 5.98. The van der Waals surface area contributed by atoms with Crippen LogP contribution in [0.25, 0.3) is 0 Å². The van der Waals surface area contributed by atoms with Crippen molar-refractivity contribution in [1.82, 2.24) is 14.5 Å². The number of rotatable bonds is 10. The summed E-state index contributed by atoms with van der Waals surface area (Å²) in [7, 11) is -4.01. The molecule has 10 heteroatoms. The molecule has 2 aromatic carbocycles. The van der Waals surface area contributed by atoms with Gasteiger partial charge in [0.15, 0.2) is 0 Å². The van der Waals surface area contributed by atoms with E-state index in [1.807, 2.05) is 13.8 Å². The average Bonchev–Trinajstić information content (AvgIpc) is 3.51. The van der Waals surface area contributed by atoms with Crippen molar-refractivity contribution in [2.45, 2.75) is 56.8 Å². The second-order valence-corrected chi connectivity index (χ2v) is 11.6. The molecule has 2 heterocycles. The Hall–Kier alpha value is -3.11. The molecule has 1 atom stereocenters. The number of carbonyl (C=O) groups excluding carboxylic acids is 1. The smallest absolute Gasteiger partial charge is 0.254 e.